The van der Waals surface area contributed by atoms with Crippen LogP contribution >= 0.6 is 23.5 Å². The molecule has 1 amide bonds. The molecule has 0 radical (unpaired) electrons. The zero-order chi connectivity index (χ0) is 12.8. The standard InChI is InChI=1S/C13H18N2OS2/c1-17-12-5-3-2-4-11(12)15-13(16)9-18-8-10-6-14-7-10/h2-5,10,14H,6-9H2,1H3,(H,15,16). The molecule has 98 valence electrons. The molecule has 0 aliphatic carbocycles. The molecular weight excluding hydrogens is 264 g/mol. The number of carbonyl (C=O) groups excluding carboxylic acids is 1. The molecule has 5 heteroatoms. The van der Waals surface area contributed by atoms with Gasteiger partial charge in [0.1, 0.15) is 0 Å². The predicted molar refractivity (Wildman–Crippen MR) is 80.5 cm³/mol. The van der Waals surface area contributed by atoms with E-state index in [1.54, 1.807) is 23.5 Å². The fourth-order valence-electron chi connectivity index (χ4n) is 1.72. The molecule has 0 saturated carbocycles. The van der Waals surface area contributed by atoms with Crippen LogP contribution in [0.5, 0.6) is 0 Å². The minimum Gasteiger partial charge on any atom is -0.324 e. The molecule has 1 saturated heterocycles. The highest BCUT2D eigenvalue weighted by Crippen LogP contribution is 2.24. The number of anilines is 1. The van der Waals surface area contributed by atoms with E-state index < -0.39 is 0 Å². The number of amides is 1. The molecule has 0 aromatic heterocycles. The molecule has 18 heavy (non-hydrogen) atoms. The highest BCUT2D eigenvalue weighted by atomic mass is 32.2. The number of thioether (sulfide) groups is 2. The van der Waals surface area contributed by atoms with Crippen LogP contribution in [0, 0.1) is 5.92 Å². The first-order valence-electron chi connectivity index (χ1n) is 6.01. The molecule has 0 spiro atoms. The van der Waals surface area contributed by atoms with Gasteiger partial charge in [-0.1, -0.05) is 12.1 Å². The highest BCUT2D eigenvalue weighted by Gasteiger charge is 2.16. The number of para-hydroxylation sites is 1. The van der Waals surface area contributed by atoms with E-state index in [4.69, 9.17) is 0 Å². The van der Waals surface area contributed by atoms with Crippen molar-refractivity contribution in [1.82, 2.24) is 5.32 Å². The average molecular weight is 282 g/mol. The normalized spacial score (nSPS) is 15.2. The van der Waals surface area contributed by atoms with Gasteiger partial charge in [-0.05, 0) is 43.1 Å². The number of hydrogen-bond donors (Lipinski definition) is 2. The fourth-order valence-corrected chi connectivity index (χ4v) is 3.22. The summed E-state index contributed by atoms with van der Waals surface area (Å²) in [5, 5.41) is 6.21. The van der Waals surface area contributed by atoms with Crippen LogP contribution in [-0.4, -0.2) is 36.8 Å². The number of nitrogens with one attached hydrogen (secondary N) is 2. The Morgan fingerprint density at radius 2 is 2.22 bits per heavy atom. The van der Waals surface area contributed by atoms with Crippen molar-refractivity contribution < 1.29 is 4.79 Å². The monoisotopic (exact) mass is 282 g/mol. The summed E-state index contributed by atoms with van der Waals surface area (Å²) in [7, 11) is 0. The van der Waals surface area contributed by atoms with Crippen LogP contribution in [0.1, 0.15) is 0 Å². The van der Waals surface area contributed by atoms with Crippen LogP contribution < -0.4 is 10.6 Å². The van der Waals surface area contributed by atoms with Crippen LogP contribution in [-0.2, 0) is 4.79 Å². The third kappa shape index (κ3) is 3.93. The van der Waals surface area contributed by atoms with Crippen molar-refractivity contribution in [2.45, 2.75) is 4.90 Å². The molecule has 1 aromatic rings. The van der Waals surface area contributed by atoms with Gasteiger partial charge < -0.3 is 10.6 Å². The summed E-state index contributed by atoms with van der Waals surface area (Å²) in [5.41, 5.74) is 0.918. The maximum Gasteiger partial charge on any atom is 0.234 e. The first-order chi connectivity index (χ1) is 8.79. The zero-order valence-corrected chi connectivity index (χ0v) is 12.1. The van der Waals surface area contributed by atoms with E-state index >= 15 is 0 Å². The topological polar surface area (TPSA) is 41.1 Å². The van der Waals surface area contributed by atoms with Gasteiger partial charge in [-0.25, -0.2) is 0 Å². The van der Waals surface area contributed by atoms with Gasteiger partial charge in [0.15, 0.2) is 0 Å². The van der Waals surface area contributed by atoms with Crippen LogP contribution in [0.4, 0.5) is 5.69 Å². The molecule has 1 aliphatic rings. The molecule has 3 nitrogen and oxygen atoms in total. The number of carbonyl (C=O) groups is 1. The van der Waals surface area contributed by atoms with Crippen LogP contribution in [0.25, 0.3) is 0 Å². The molecule has 2 rings (SSSR count). The molecule has 1 aromatic carbocycles. The van der Waals surface area contributed by atoms with Gasteiger partial charge in [0.25, 0.3) is 0 Å². The van der Waals surface area contributed by atoms with Gasteiger partial charge in [-0.2, -0.15) is 11.8 Å². The van der Waals surface area contributed by atoms with E-state index in [0.29, 0.717) is 5.75 Å². The van der Waals surface area contributed by atoms with Crippen LogP contribution in [0.2, 0.25) is 0 Å². The molecule has 0 atom stereocenters. The Balaban J connectivity index is 1.75. The largest absolute Gasteiger partial charge is 0.324 e. The zero-order valence-electron chi connectivity index (χ0n) is 10.4. The minimum atomic E-state index is 0.0915. The van der Waals surface area contributed by atoms with E-state index in [1.165, 1.54) is 0 Å². The lowest BCUT2D eigenvalue weighted by Gasteiger charge is -2.26. The van der Waals surface area contributed by atoms with Gasteiger partial charge in [0.2, 0.25) is 5.91 Å². The molecule has 1 fully saturated rings. The number of hydrogen-bond acceptors (Lipinski definition) is 4. The average Bonchev–Trinajstić information content (AvgIpc) is 2.33. The second-order valence-corrected chi connectivity index (χ2v) is 6.17. The molecule has 0 bridgehead atoms. The summed E-state index contributed by atoms with van der Waals surface area (Å²) in [4.78, 5) is 12.9. The Kier molecular flexibility index (Phi) is 5.41. The number of benzene rings is 1. The third-order valence-corrected chi connectivity index (χ3v) is 4.80. The second kappa shape index (κ2) is 7.07. The minimum absolute atomic E-state index is 0.0915. The maximum atomic E-state index is 11.8. The Morgan fingerprint density at radius 3 is 2.89 bits per heavy atom. The lowest BCUT2D eigenvalue weighted by molar-refractivity contribution is -0.113. The summed E-state index contributed by atoms with van der Waals surface area (Å²) in [6, 6.07) is 7.90. The molecular formula is C13H18N2OS2. The summed E-state index contributed by atoms with van der Waals surface area (Å²) < 4.78 is 0. The Morgan fingerprint density at radius 1 is 1.44 bits per heavy atom. The van der Waals surface area contributed by atoms with Gasteiger partial charge in [-0.15, -0.1) is 11.8 Å². The molecule has 1 aliphatic heterocycles. The van der Waals surface area contributed by atoms with Crippen molar-refractivity contribution in [2.75, 3.05) is 36.2 Å². The quantitative estimate of drug-likeness (QED) is 0.786. The van der Waals surface area contributed by atoms with E-state index in [0.717, 1.165) is 35.3 Å². The second-order valence-electron chi connectivity index (χ2n) is 4.29. The van der Waals surface area contributed by atoms with E-state index in [-0.39, 0.29) is 5.91 Å². The maximum absolute atomic E-state index is 11.8. The van der Waals surface area contributed by atoms with Crippen LogP contribution in [0.3, 0.4) is 0 Å². The van der Waals surface area contributed by atoms with E-state index in [1.807, 2.05) is 30.5 Å². The number of rotatable bonds is 6. The Hall–Kier alpha value is -0.650. The lowest BCUT2D eigenvalue weighted by atomic mass is 10.1. The lowest BCUT2D eigenvalue weighted by Crippen LogP contribution is -2.43. The van der Waals surface area contributed by atoms with Crippen molar-refractivity contribution in [1.29, 1.82) is 0 Å². The summed E-state index contributed by atoms with van der Waals surface area (Å²) in [6.07, 6.45) is 2.02. The van der Waals surface area contributed by atoms with Gasteiger partial charge in [0, 0.05) is 4.90 Å². The van der Waals surface area contributed by atoms with Crippen molar-refractivity contribution in [2.24, 2.45) is 5.92 Å². The third-order valence-electron chi connectivity index (χ3n) is 2.83. The SMILES string of the molecule is CSc1ccccc1NC(=O)CSCC1CNC1. The van der Waals surface area contributed by atoms with E-state index in [9.17, 15) is 4.79 Å². The smallest absolute Gasteiger partial charge is 0.234 e. The summed E-state index contributed by atoms with van der Waals surface area (Å²) in [6.45, 7) is 2.20. The Bertz CT molecular complexity index is 408. The van der Waals surface area contributed by atoms with Gasteiger partial charge >= 0.3 is 0 Å². The first-order valence-corrected chi connectivity index (χ1v) is 8.39. The van der Waals surface area contributed by atoms with E-state index in [2.05, 4.69) is 10.6 Å². The fraction of sp³-hybridized carbons (Fsp3) is 0.462. The summed E-state index contributed by atoms with van der Waals surface area (Å²) in [5.74, 6) is 2.46. The predicted octanol–water partition coefficient (Wildman–Crippen LogP) is 2.30. The van der Waals surface area contributed by atoms with Gasteiger partial charge in [-0.3, -0.25) is 4.79 Å². The Labute approximate surface area is 116 Å². The van der Waals surface area contributed by atoms with Crippen molar-refractivity contribution in [3.63, 3.8) is 0 Å². The first kappa shape index (κ1) is 13.8. The van der Waals surface area contributed by atoms with Crippen molar-refractivity contribution in [3.8, 4) is 0 Å². The van der Waals surface area contributed by atoms with Gasteiger partial charge in [0.05, 0.1) is 11.4 Å². The van der Waals surface area contributed by atoms with Crippen molar-refractivity contribution >= 4 is 35.1 Å². The summed E-state index contributed by atoms with van der Waals surface area (Å²) >= 11 is 3.37. The molecule has 0 unspecified atom stereocenters. The molecule has 2 N–H and O–H groups in total. The molecule has 1 heterocycles. The van der Waals surface area contributed by atoms with Crippen LogP contribution in [0.15, 0.2) is 29.2 Å². The highest BCUT2D eigenvalue weighted by molar-refractivity contribution is 8.00. The van der Waals surface area contributed by atoms with Crippen molar-refractivity contribution in [3.05, 3.63) is 24.3 Å².